The molecule has 3 aromatic rings. The Morgan fingerprint density at radius 3 is 2.29 bits per heavy atom. The molecular weight excluding hydrogens is 402 g/mol. The van der Waals surface area contributed by atoms with E-state index < -0.39 is 44.2 Å². The van der Waals surface area contributed by atoms with Crippen LogP contribution >= 0.6 is 0 Å². The van der Waals surface area contributed by atoms with Crippen LogP contribution in [0.4, 0.5) is 29.1 Å². The van der Waals surface area contributed by atoms with Crippen LogP contribution in [0.1, 0.15) is 18.5 Å². The average Bonchev–Trinajstić information content (AvgIpc) is 3.08. The number of nitrogens with zero attached hydrogens (tertiary/aromatic N) is 1. The van der Waals surface area contributed by atoms with E-state index in [2.05, 4.69) is 15.0 Å². The van der Waals surface area contributed by atoms with Gasteiger partial charge in [-0.25, -0.2) is 26.0 Å². The fraction of sp³-hybridized carbons (Fsp3) is 0.118. The number of benzene rings is 2. The van der Waals surface area contributed by atoms with Gasteiger partial charge in [-0.3, -0.25) is 4.72 Å². The summed E-state index contributed by atoms with van der Waals surface area (Å²) in [5.74, 6) is -4.41. The van der Waals surface area contributed by atoms with Crippen LogP contribution in [-0.4, -0.2) is 13.6 Å². The molecule has 2 aromatic carbocycles. The lowest BCUT2D eigenvalue weighted by molar-refractivity contribution is 0.423. The lowest BCUT2D eigenvalue weighted by Gasteiger charge is -2.17. The van der Waals surface area contributed by atoms with Gasteiger partial charge in [-0.05, 0) is 37.3 Å². The summed E-state index contributed by atoms with van der Waals surface area (Å²) in [4.78, 5) is -1.22. The van der Waals surface area contributed by atoms with Crippen molar-refractivity contribution in [2.75, 3.05) is 10.0 Å². The summed E-state index contributed by atoms with van der Waals surface area (Å²) in [6.07, 6.45) is 1.07. The van der Waals surface area contributed by atoms with Crippen molar-refractivity contribution in [3.8, 4) is 0 Å². The molecule has 0 radical (unpaired) electrons. The quantitative estimate of drug-likeness (QED) is 0.590. The van der Waals surface area contributed by atoms with E-state index in [9.17, 15) is 26.0 Å². The first-order valence-electron chi connectivity index (χ1n) is 7.81. The van der Waals surface area contributed by atoms with Crippen molar-refractivity contribution < 1.29 is 30.5 Å². The zero-order chi connectivity index (χ0) is 20.5. The minimum absolute atomic E-state index is 0.0646. The number of anilines is 2. The molecule has 1 unspecified atom stereocenters. The van der Waals surface area contributed by atoms with Crippen LogP contribution in [0.15, 0.2) is 52.1 Å². The monoisotopic (exact) mass is 415 g/mol. The predicted octanol–water partition coefficient (Wildman–Crippen LogP) is 4.20. The highest BCUT2D eigenvalue weighted by Gasteiger charge is 2.26. The van der Waals surface area contributed by atoms with E-state index in [0.29, 0.717) is 0 Å². The molecule has 148 valence electrons. The SMILES string of the molecule is CC(Nc1cc(F)c(S(=O)(=O)Nc2ccon2)c(F)c1)c1cc(F)ccc1F. The summed E-state index contributed by atoms with van der Waals surface area (Å²) in [6.45, 7) is 1.45. The molecule has 28 heavy (non-hydrogen) atoms. The normalized spacial score (nSPS) is 12.6. The minimum atomic E-state index is -4.61. The molecule has 1 heterocycles. The van der Waals surface area contributed by atoms with Gasteiger partial charge in [0.2, 0.25) is 0 Å². The number of rotatable bonds is 6. The molecule has 0 bridgehead atoms. The summed E-state index contributed by atoms with van der Waals surface area (Å²) in [5.41, 5.74) is -0.225. The molecule has 11 heteroatoms. The number of sulfonamides is 1. The summed E-state index contributed by atoms with van der Waals surface area (Å²) < 4.78 is 86.6. The number of nitrogens with one attached hydrogen (secondary N) is 2. The second-order valence-corrected chi connectivity index (χ2v) is 7.41. The Morgan fingerprint density at radius 1 is 1.00 bits per heavy atom. The molecule has 0 aliphatic carbocycles. The zero-order valence-electron chi connectivity index (χ0n) is 14.2. The number of hydrogen-bond donors (Lipinski definition) is 2. The van der Waals surface area contributed by atoms with E-state index in [4.69, 9.17) is 0 Å². The van der Waals surface area contributed by atoms with Crippen LogP contribution in [0.2, 0.25) is 0 Å². The third-order valence-electron chi connectivity index (χ3n) is 3.75. The fourth-order valence-electron chi connectivity index (χ4n) is 2.53. The average molecular weight is 415 g/mol. The molecule has 0 saturated carbocycles. The Kier molecular flexibility index (Phi) is 5.27. The van der Waals surface area contributed by atoms with Crippen LogP contribution in [0, 0.1) is 23.3 Å². The Bertz CT molecular complexity index is 1080. The molecule has 0 saturated heterocycles. The molecule has 1 atom stereocenters. The molecule has 2 N–H and O–H groups in total. The maximum absolute atomic E-state index is 14.4. The maximum atomic E-state index is 14.4. The van der Waals surface area contributed by atoms with Crippen molar-refractivity contribution in [1.82, 2.24) is 5.16 Å². The van der Waals surface area contributed by atoms with Gasteiger partial charge in [-0.1, -0.05) is 5.16 Å². The largest absolute Gasteiger partial charge is 0.378 e. The van der Waals surface area contributed by atoms with Crippen LogP contribution in [0.3, 0.4) is 0 Å². The third-order valence-corrected chi connectivity index (χ3v) is 5.16. The summed E-state index contributed by atoms with van der Waals surface area (Å²) in [6, 6.07) is 4.56. The first kappa shape index (κ1) is 19.7. The Labute approximate surface area is 157 Å². The van der Waals surface area contributed by atoms with Gasteiger partial charge in [0.15, 0.2) is 10.7 Å². The molecule has 6 nitrogen and oxygen atoms in total. The molecular formula is C17H13F4N3O3S. The first-order valence-corrected chi connectivity index (χ1v) is 9.29. The van der Waals surface area contributed by atoms with Gasteiger partial charge >= 0.3 is 0 Å². The highest BCUT2D eigenvalue weighted by atomic mass is 32.2. The number of hydrogen-bond acceptors (Lipinski definition) is 5. The van der Waals surface area contributed by atoms with Crippen molar-refractivity contribution in [3.63, 3.8) is 0 Å². The molecule has 0 aliphatic heterocycles. The van der Waals surface area contributed by atoms with Gasteiger partial charge in [-0.2, -0.15) is 0 Å². The van der Waals surface area contributed by atoms with Crippen LogP contribution in [-0.2, 0) is 10.0 Å². The van der Waals surface area contributed by atoms with Crippen LogP contribution in [0.5, 0.6) is 0 Å². The van der Waals surface area contributed by atoms with Gasteiger partial charge in [0, 0.05) is 17.3 Å². The fourth-order valence-corrected chi connectivity index (χ4v) is 3.64. The van der Waals surface area contributed by atoms with E-state index >= 15 is 0 Å². The van der Waals surface area contributed by atoms with E-state index in [0.717, 1.165) is 42.7 Å². The molecule has 0 amide bonds. The van der Waals surface area contributed by atoms with E-state index in [1.807, 2.05) is 4.72 Å². The van der Waals surface area contributed by atoms with Crippen LogP contribution in [0.25, 0.3) is 0 Å². The van der Waals surface area contributed by atoms with Gasteiger partial charge in [0.05, 0.1) is 6.04 Å². The topological polar surface area (TPSA) is 84.2 Å². The van der Waals surface area contributed by atoms with E-state index in [1.54, 1.807) is 0 Å². The van der Waals surface area contributed by atoms with Gasteiger partial charge in [0.25, 0.3) is 10.0 Å². The van der Waals surface area contributed by atoms with Gasteiger partial charge in [-0.15, -0.1) is 0 Å². The highest BCUT2D eigenvalue weighted by molar-refractivity contribution is 7.92. The van der Waals surface area contributed by atoms with E-state index in [1.165, 1.54) is 6.92 Å². The second kappa shape index (κ2) is 7.50. The molecule has 0 spiro atoms. The molecule has 0 fully saturated rings. The highest BCUT2D eigenvalue weighted by Crippen LogP contribution is 2.28. The standard InChI is InChI=1S/C17H13F4N3O3S/c1-9(12-6-10(18)2-3-13(12)19)22-11-7-14(20)17(15(21)8-11)28(25,26)24-16-4-5-27-23-16/h2-9,22H,1H3,(H,23,24). The molecule has 3 rings (SSSR count). The van der Waals surface area contributed by atoms with Crippen molar-refractivity contribution in [1.29, 1.82) is 0 Å². The van der Waals surface area contributed by atoms with Crippen LogP contribution < -0.4 is 10.0 Å². The van der Waals surface area contributed by atoms with Crippen molar-refractivity contribution in [3.05, 3.63) is 71.5 Å². The van der Waals surface area contributed by atoms with Crippen molar-refractivity contribution in [2.45, 2.75) is 17.9 Å². The Balaban J connectivity index is 1.88. The van der Waals surface area contributed by atoms with Gasteiger partial charge < -0.3 is 9.84 Å². The zero-order valence-corrected chi connectivity index (χ0v) is 15.0. The van der Waals surface area contributed by atoms with Gasteiger partial charge in [0.1, 0.15) is 29.5 Å². The minimum Gasteiger partial charge on any atom is -0.378 e. The smallest absolute Gasteiger partial charge is 0.269 e. The third kappa shape index (κ3) is 4.09. The molecule has 0 aliphatic rings. The summed E-state index contributed by atoms with van der Waals surface area (Å²) in [5, 5.41) is 5.91. The lowest BCUT2D eigenvalue weighted by atomic mass is 10.1. The number of halogens is 4. The van der Waals surface area contributed by atoms with Crippen molar-refractivity contribution in [2.24, 2.45) is 0 Å². The second-order valence-electron chi connectivity index (χ2n) is 5.79. The summed E-state index contributed by atoms with van der Waals surface area (Å²) >= 11 is 0. The molecule has 1 aromatic heterocycles. The predicted molar refractivity (Wildman–Crippen MR) is 92.1 cm³/mol. The first-order chi connectivity index (χ1) is 13.2. The lowest BCUT2D eigenvalue weighted by Crippen LogP contribution is -2.17. The Hall–Kier alpha value is -3.08. The van der Waals surface area contributed by atoms with Crippen molar-refractivity contribution >= 4 is 21.5 Å². The van der Waals surface area contributed by atoms with E-state index in [-0.39, 0.29) is 17.1 Å². The Morgan fingerprint density at radius 2 is 1.68 bits per heavy atom. The number of aromatic nitrogens is 1. The summed E-state index contributed by atoms with van der Waals surface area (Å²) in [7, 11) is -4.61. The maximum Gasteiger partial charge on any atom is 0.269 e.